The highest BCUT2D eigenvalue weighted by Gasteiger charge is 2.27. The fourth-order valence-corrected chi connectivity index (χ4v) is 3.47. The smallest absolute Gasteiger partial charge is 0.163 e. The maximum atomic E-state index is 13.9. The molecule has 0 aliphatic carbocycles. The summed E-state index contributed by atoms with van der Waals surface area (Å²) < 4.78 is 40.4. The summed E-state index contributed by atoms with van der Waals surface area (Å²) in [7, 11) is 0. The van der Waals surface area contributed by atoms with E-state index in [2.05, 4.69) is 9.80 Å². The second kappa shape index (κ2) is 8.66. The molecule has 3 rings (SSSR count). The fraction of sp³-hybridized carbons (Fsp3) is 0.400. The number of aliphatic hydroxyl groups is 1. The van der Waals surface area contributed by atoms with Gasteiger partial charge in [-0.2, -0.15) is 0 Å². The minimum Gasteiger partial charge on any atom is -0.396 e. The first-order valence-corrected chi connectivity index (χ1v) is 8.81. The lowest BCUT2D eigenvalue weighted by molar-refractivity contribution is 0.0494. The lowest BCUT2D eigenvalue weighted by atomic mass is 10.1. The Morgan fingerprint density at radius 1 is 0.962 bits per heavy atom. The van der Waals surface area contributed by atoms with Gasteiger partial charge in [0.1, 0.15) is 5.82 Å². The monoisotopic (exact) mass is 364 g/mol. The van der Waals surface area contributed by atoms with Crippen LogP contribution in [0, 0.1) is 17.5 Å². The molecule has 1 heterocycles. The average Bonchev–Trinajstić information content (AvgIpc) is 2.63. The van der Waals surface area contributed by atoms with Crippen molar-refractivity contribution in [1.29, 1.82) is 0 Å². The predicted molar refractivity (Wildman–Crippen MR) is 93.9 cm³/mol. The molecule has 1 saturated heterocycles. The van der Waals surface area contributed by atoms with Gasteiger partial charge in [-0.05, 0) is 30.2 Å². The normalized spacial score (nSPS) is 19.0. The van der Waals surface area contributed by atoms with Crippen molar-refractivity contribution in [3.8, 4) is 0 Å². The summed E-state index contributed by atoms with van der Waals surface area (Å²) >= 11 is 0. The van der Waals surface area contributed by atoms with Crippen molar-refractivity contribution < 1.29 is 18.3 Å². The molecule has 1 fully saturated rings. The van der Waals surface area contributed by atoms with Crippen molar-refractivity contribution in [1.82, 2.24) is 9.80 Å². The molecule has 1 N–H and O–H groups in total. The van der Waals surface area contributed by atoms with E-state index in [1.165, 1.54) is 18.2 Å². The van der Waals surface area contributed by atoms with Gasteiger partial charge in [-0.3, -0.25) is 9.80 Å². The van der Waals surface area contributed by atoms with E-state index in [0.29, 0.717) is 31.6 Å². The molecule has 3 nitrogen and oxygen atoms in total. The van der Waals surface area contributed by atoms with Crippen LogP contribution in [0.5, 0.6) is 0 Å². The van der Waals surface area contributed by atoms with Crippen LogP contribution in [0.4, 0.5) is 13.2 Å². The highest BCUT2D eigenvalue weighted by atomic mass is 19.2. The van der Waals surface area contributed by atoms with E-state index in [1.54, 1.807) is 18.2 Å². The fourth-order valence-electron chi connectivity index (χ4n) is 3.47. The SMILES string of the molecule is OCCC1CN(Cc2cccc(F)c2F)CCN1Cc1ccc(F)cc1. The van der Waals surface area contributed by atoms with E-state index in [1.807, 2.05) is 0 Å². The van der Waals surface area contributed by atoms with Gasteiger partial charge >= 0.3 is 0 Å². The van der Waals surface area contributed by atoms with Gasteiger partial charge in [0, 0.05) is 50.9 Å². The Hall–Kier alpha value is -1.89. The Kier molecular flexibility index (Phi) is 6.29. The molecule has 0 saturated carbocycles. The number of benzene rings is 2. The van der Waals surface area contributed by atoms with Crippen LogP contribution in [0.3, 0.4) is 0 Å². The number of nitrogens with zero attached hydrogens (tertiary/aromatic N) is 2. The molecule has 6 heteroatoms. The molecule has 1 aliphatic rings. The van der Waals surface area contributed by atoms with Crippen molar-refractivity contribution >= 4 is 0 Å². The zero-order valence-electron chi connectivity index (χ0n) is 14.5. The van der Waals surface area contributed by atoms with E-state index in [9.17, 15) is 18.3 Å². The van der Waals surface area contributed by atoms with Crippen LogP contribution in [0.1, 0.15) is 17.5 Å². The maximum absolute atomic E-state index is 13.9. The third kappa shape index (κ3) is 4.63. The molecule has 0 amide bonds. The highest BCUT2D eigenvalue weighted by molar-refractivity contribution is 5.19. The first-order valence-electron chi connectivity index (χ1n) is 8.81. The average molecular weight is 364 g/mol. The second-order valence-corrected chi connectivity index (χ2v) is 6.71. The highest BCUT2D eigenvalue weighted by Crippen LogP contribution is 2.20. The molecule has 2 aromatic carbocycles. The lowest BCUT2D eigenvalue weighted by Gasteiger charge is -2.41. The minimum atomic E-state index is -0.829. The molecule has 2 aromatic rings. The first kappa shape index (κ1) is 18.9. The largest absolute Gasteiger partial charge is 0.396 e. The Balaban J connectivity index is 1.65. The summed E-state index contributed by atoms with van der Waals surface area (Å²) in [6, 6.07) is 10.8. The molecule has 0 spiro atoms. The van der Waals surface area contributed by atoms with Crippen LogP contribution in [0.25, 0.3) is 0 Å². The number of hydrogen-bond donors (Lipinski definition) is 1. The molecule has 1 aliphatic heterocycles. The van der Waals surface area contributed by atoms with Crippen LogP contribution in [0.15, 0.2) is 42.5 Å². The number of piperazine rings is 1. The van der Waals surface area contributed by atoms with Crippen LogP contribution in [-0.4, -0.2) is 47.2 Å². The summed E-state index contributed by atoms with van der Waals surface area (Å²) in [5.74, 6) is -1.88. The Labute approximate surface area is 151 Å². The predicted octanol–water partition coefficient (Wildman–Crippen LogP) is 3.17. The maximum Gasteiger partial charge on any atom is 0.163 e. The van der Waals surface area contributed by atoms with Crippen LogP contribution in [0.2, 0.25) is 0 Å². The van der Waals surface area contributed by atoms with Crippen molar-refractivity contribution in [3.05, 3.63) is 71.0 Å². The summed E-state index contributed by atoms with van der Waals surface area (Å²) in [5, 5.41) is 9.39. The second-order valence-electron chi connectivity index (χ2n) is 6.71. The van der Waals surface area contributed by atoms with Crippen LogP contribution < -0.4 is 0 Å². The summed E-state index contributed by atoms with van der Waals surface area (Å²) in [5.41, 5.74) is 1.36. The van der Waals surface area contributed by atoms with Gasteiger partial charge in [-0.1, -0.05) is 24.3 Å². The molecule has 0 bridgehead atoms. The standard InChI is InChI=1S/C20H23F3N2O/c21-17-6-4-15(5-7-17)12-25-10-9-24(14-18(25)8-11-26)13-16-2-1-3-19(22)20(16)23/h1-7,18,26H,8-14H2. The minimum absolute atomic E-state index is 0.0623. The molecule has 26 heavy (non-hydrogen) atoms. The number of hydrogen-bond acceptors (Lipinski definition) is 3. The molecule has 0 radical (unpaired) electrons. The third-order valence-corrected chi connectivity index (χ3v) is 4.88. The van der Waals surface area contributed by atoms with Gasteiger partial charge in [0.15, 0.2) is 11.6 Å². The van der Waals surface area contributed by atoms with E-state index in [0.717, 1.165) is 24.7 Å². The number of aliphatic hydroxyl groups excluding tert-OH is 1. The van der Waals surface area contributed by atoms with Crippen molar-refractivity contribution in [2.24, 2.45) is 0 Å². The molecule has 1 unspecified atom stereocenters. The molecular formula is C20H23F3N2O. The van der Waals surface area contributed by atoms with Gasteiger partial charge < -0.3 is 5.11 Å². The van der Waals surface area contributed by atoms with Crippen LogP contribution in [-0.2, 0) is 13.1 Å². The zero-order valence-corrected chi connectivity index (χ0v) is 14.5. The Bertz CT molecular complexity index is 723. The summed E-state index contributed by atoms with van der Waals surface area (Å²) in [6.07, 6.45) is 0.601. The Morgan fingerprint density at radius 3 is 2.46 bits per heavy atom. The summed E-state index contributed by atoms with van der Waals surface area (Å²) in [4.78, 5) is 4.33. The molecule has 0 aromatic heterocycles. The zero-order chi connectivity index (χ0) is 18.5. The van der Waals surface area contributed by atoms with Gasteiger partial charge in [0.25, 0.3) is 0 Å². The number of rotatable bonds is 6. The van der Waals surface area contributed by atoms with Gasteiger partial charge in [-0.25, -0.2) is 13.2 Å². The van der Waals surface area contributed by atoms with E-state index in [-0.39, 0.29) is 18.5 Å². The topological polar surface area (TPSA) is 26.7 Å². The van der Waals surface area contributed by atoms with Crippen molar-refractivity contribution in [2.45, 2.75) is 25.6 Å². The van der Waals surface area contributed by atoms with Gasteiger partial charge in [0.05, 0.1) is 0 Å². The van der Waals surface area contributed by atoms with E-state index < -0.39 is 11.6 Å². The van der Waals surface area contributed by atoms with E-state index >= 15 is 0 Å². The van der Waals surface area contributed by atoms with Crippen molar-refractivity contribution in [3.63, 3.8) is 0 Å². The van der Waals surface area contributed by atoms with E-state index in [4.69, 9.17) is 0 Å². The van der Waals surface area contributed by atoms with Crippen LogP contribution >= 0.6 is 0 Å². The lowest BCUT2D eigenvalue weighted by Crippen LogP contribution is -2.52. The third-order valence-electron chi connectivity index (χ3n) is 4.88. The summed E-state index contributed by atoms with van der Waals surface area (Å²) in [6.45, 7) is 3.21. The first-order chi connectivity index (χ1) is 12.6. The quantitative estimate of drug-likeness (QED) is 0.853. The van der Waals surface area contributed by atoms with Gasteiger partial charge in [0.2, 0.25) is 0 Å². The Morgan fingerprint density at radius 2 is 1.73 bits per heavy atom. The molecule has 1 atom stereocenters. The van der Waals surface area contributed by atoms with Gasteiger partial charge in [-0.15, -0.1) is 0 Å². The van der Waals surface area contributed by atoms with Crippen molar-refractivity contribution in [2.75, 3.05) is 26.2 Å². The molecule has 140 valence electrons. The molecular weight excluding hydrogens is 341 g/mol. The number of halogens is 3.